The van der Waals surface area contributed by atoms with E-state index in [1.165, 1.54) is 0 Å². The third-order valence-electron chi connectivity index (χ3n) is 10.9. The highest BCUT2D eigenvalue weighted by Crippen LogP contribution is 2.32. The molecule has 1 fully saturated rings. The Bertz CT molecular complexity index is 3130. The van der Waals surface area contributed by atoms with E-state index in [9.17, 15) is 15.0 Å². The van der Waals surface area contributed by atoms with Crippen molar-refractivity contribution in [1.82, 2.24) is 5.32 Å². The fourth-order valence-corrected chi connectivity index (χ4v) is 7.20. The lowest BCUT2D eigenvalue weighted by Gasteiger charge is -2.46. The third-order valence-corrected chi connectivity index (χ3v) is 10.9. The molecule has 416 valence electrons. The van der Waals surface area contributed by atoms with Gasteiger partial charge in [-0.05, 0) is 130 Å². The van der Waals surface area contributed by atoms with Crippen LogP contribution in [0.1, 0.15) is 90.3 Å². The number of nitrogens with one attached hydrogen (secondary N) is 1. The van der Waals surface area contributed by atoms with E-state index >= 15 is 0 Å². The average molecular weight is 1040 g/mol. The maximum Gasteiger partial charge on any atom is 0.297 e. The van der Waals surface area contributed by atoms with Crippen molar-refractivity contribution in [3.63, 3.8) is 0 Å². The van der Waals surface area contributed by atoms with Gasteiger partial charge in [0, 0.05) is 46.3 Å². The molecule has 8 atom stereocenters. The molecular formula is C65H97NO9. The SMILES string of the molecule is CC#CC#CC#CC#CC#CC#CC#CC#CC#CC#CC(=O)N[C@@H](COC1OC(COCc2ccccc2)C(OCc2ccccc2)C(OCc2ccccc2)C1OCc1ccccc1)[C@H](O)[C@H](O)CCCCC.[HH].[HH].[HH].[HH].[HH].[HH].[HH].[HH].[HH].[HH].[HH].[HH].[HH].[HH].[HH].[HH].[HH].[HH].[HH].[HH]. The summed E-state index contributed by atoms with van der Waals surface area (Å²) in [5, 5.41) is 25.6. The molecule has 1 heterocycles. The van der Waals surface area contributed by atoms with Gasteiger partial charge in [-0.1, -0.05) is 153 Å². The topological polar surface area (TPSA) is 125 Å². The lowest BCUT2D eigenvalue weighted by Crippen LogP contribution is -2.62. The molecule has 10 heteroatoms. The molecule has 1 aliphatic heterocycles. The first-order chi connectivity index (χ1) is 36.9. The molecular weight excluding hydrogens is 939 g/mol. The number of unbranched alkanes of at least 4 members (excludes halogenated alkanes) is 2. The van der Waals surface area contributed by atoms with Crippen LogP contribution < -0.4 is 5.32 Å². The van der Waals surface area contributed by atoms with E-state index in [2.05, 4.69) is 124 Å². The van der Waals surface area contributed by atoms with E-state index in [4.69, 9.17) is 28.4 Å². The van der Waals surface area contributed by atoms with E-state index < -0.39 is 54.9 Å². The van der Waals surface area contributed by atoms with E-state index in [1.54, 1.807) is 6.92 Å². The molecule has 5 unspecified atom stereocenters. The molecule has 0 aromatic heterocycles. The van der Waals surface area contributed by atoms with Crippen LogP contribution in [-0.4, -0.2) is 78.3 Å². The van der Waals surface area contributed by atoms with Crippen LogP contribution in [0.2, 0.25) is 0 Å². The lowest BCUT2D eigenvalue weighted by atomic mass is 9.97. The molecule has 10 nitrogen and oxygen atoms in total. The molecule has 0 spiro atoms. The van der Waals surface area contributed by atoms with Gasteiger partial charge in [-0.15, -0.1) is 0 Å². The van der Waals surface area contributed by atoms with Gasteiger partial charge < -0.3 is 44.0 Å². The maximum atomic E-state index is 13.4. The van der Waals surface area contributed by atoms with Crippen LogP contribution >= 0.6 is 0 Å². The largest absolute Gasteiger partial charge is 0.390 e. The highest BCUT2D eigenvalue weighted by atomic mass is 16.7. The van der Waals surface area contributed by atoms with E-state index in [-0.39, 0.29) is 68.0 Å². The number of rotatable bonds is 23. The quantitative estimate of drug-likeness (QED) is 0.0492. The second-order valence-electron chi connectivity index (χ2n) is 16.4. The van der Waals surface area contributed by atoms with Gasteiger partial charge in [0.1, 0.15) is 30.5 Å². The van der Waals surface area contributed by atoms with Gasteiger partial charge in [-0.25, -0.2) is 0 Å². The summed E-state index contributed by atoms with van der Waals surface area (Å²) < 4.78 is 40.1. The number of hydrogen-bond acceptors (Lipinski definition) is 9. The molecule has 0 radical (unpaired) electrons. The first kappa shape index (κ1) is 57.5. The summed E-state index contributed by atoms with van der Waals surface area (Å²) >= 11 is 0. The molecule has 1 amide bonds. The molecule has 1 saturated heterocycles. The normalized spacial score (nSPS) is 16.8. The predicted molar refractivity (Wildman–Crippen MR) is 330 cm³/mol. The first-order valence-electron chi connectivity index (χ1n) is 24.4. The van der Waals surface area contributed by atoms with Crippen LogP contribution in [0.3, 0.4) is 0 Å². The molecule has 0 aliphatic carbocycles. The number of aliphatic hydroxyl groups excluding tert-OH is 2. The second kappa shape index (κ2) is 35.7. The summed E-state index contributed by atoms with van der Waals surface area (Å²) in [7, 11) is 0. The number of hydrogen-bond donors (Lipinski definition) is 3. The van der Waals surface area contributed by atoms with Crippen molar-refractivity contribution in [2.24, 2.45) is 0 Å². The van der Waals surface area contributed by atoms with Crippen molar-refractivity contribution in [2.75, 3.05) is 13.2 Å². The van der Waals surface area contributed by atoms with Gasteiger partial charge in [-0.2, -0.15) is 0 Å². The minimum Gasteiger partial charge on any atom is -0.390 e. The van der Waals surface area contributed by atoms with Gasteiger partial charge in [-0.3, -0.25) is 4.79 Å². The van der Waals surface area contributed by atoms with Gasteiger partial charge in [0.05, 0.1) is 51.8 Å². The van der Waals surface area contributed by atoms with E-state index in [1.807, 2.05) is 128 Å². The lowest BCUT2D eigenvalue weighted by molar-refractivity contribution is -0.329. The molecule has 5 rings (SSSR count). The molecule has 1 aliphatic rings. The Labute approximate surface area is 472 Å². The number of carbonyl (C=O) groups excluding carboxylic acids is 1. The van der Waals surface area contributed by atoms with Gasteiger partial charge >= 0.3 is 0 Å². The standard InChI is InChI=1S/C65H57NO9.20H2/c1-3-5-7-8-9-10-11-12-13-14-15-16-17-18-19-20-21-22-36-46-60(68)66-57(61(69)58(67)45-27-6-4-2)51-74-65-64(73-50-56-43-34-26-35-44-56)63(72-49-55-41-32-25-33-42-55)62(71-48-54-39-30-24-31-40-54)59(75-65)52-70-47-53-37-28-23-29-38-53;;;;;;;;;;;;;;;;;;;;/h23-26,28-35,37-44,57-59,61-65,67,69H,4,6,27,45,47-52H2,1-2H3,(H,66,68);20*1H/t57-,58+,59?,61-,62?,63?,64?,65?;;;;;;;;;;;;;;;;;;;;/m0..................../s1. The van der Waals surface area contributed by atoms with Crippen LogP contribution in [0, 0.1) is 118 Å². The Hall–Kier alpha value is -8.37. The summed E-state index contributed by atoms with van der Waals surface area (Å²) in [4.78, 5) is 13.4. The summed E-state index contributed by atoms with van der Waals surface area (Å²) in [6.45, 7) is 4.40. The molecule has 0 bridgehead atoms. The highest BCUT2D eigenvalue weighted by molar-refractivity contribution is 5.94. The van der Waals surface area contributed by atoms with E-state index in [0.717, 1.165) is 35.1 Å². The number of aliphatic hydroxyl groups is 2. The zero-order valence-electron chi connectivity index (χ0n) is 42.0. The summed E-state index contributed by atoms with van der Waals surface area (Å²) in [6.07, 6.45) is -4.32. The Kier molecular flexibility index (Phi) is 27.4. The second-order valence-corrected chi connectivity index (χ2v) is 16.4. The Morgan fingerprint density at radius 1 is 0.547 bits per heavy atom. The summed E-state index contributed by atoms with van der Waals surface area (Å²) in [5.74, 6) is 49.7. The Morgan fingerprint density at radius 2 is 0.960 bits per heavy atom. The fraction of sp³-hybridized carbons (Fsp3) is 0.308. The van der Waals surface area contributed by atoms with Crippen molar-refractivity contribution in [3.8, 4) is 118 Å². The van der Waals surface area contributed by atoms with Crippen LogP contribution in [0.4, 0.5) is 0 Å². The zero-order chi connectivity index (χ0) is 52.8. The van der Waals surface area contributed by atoms with Gasteiger partial charge in [0.15, 0.2) is 6.29 Å². The molecule has 4 aromatic rings. The summed E-state index contributed by atoms with van der Waals surface area (Å²) in [6, 6.07) is 37.9. The molecule has 3 N–H and O–H groups in total. The number of amides is 1. The van der Waals surface area contributed by atoms with Gasteiger partial charge in [0.25, 0.3) is 5.91 Å². The van der Waals surface area contributed by atoms with Crippen molar-refractivity contribution in [3.05, 3.63) is 144 Å². The fourth-order valence-electron chi connectivity index (χ4n) is 7.20. The highest BCUT2D eigenvalue weighted by Gasteiger charge is 2.49. The first-order valence-corrected chi connectivity index (χ1v) is 24.4. The number of benzene rings is 4. The monoisotopic (exact) mass is 1040 g/mol. The predicted octanol–water partition coefficient (Wildman–Crippen LogP) is 11.5. The van der Waals surface area contributed by atoms with Crippen molar-refractivity contribution in [1.29, 1.82) is 0 Å². The average Bonchev–Trinajstić information content (AvgIpc) is 0.815. The van der Waals surface area contributed by atoms with Gasteiger partial charge in [0.2, 0.25) is 0 Å². The van der Waals surface area contributed by atoms with Crippen molar-refractivity contribution in [2.45, 2.75) is 115 Å². The van der Waals surface area contributed by atoms with Crippen LogP contribution in [-0.2, 0) is 59.6 Å². The van der Waals surface area contributed by atoms with Crippen LogP contribution in [0.25, 0.3) is 0 Å². The molecule has 0 saturated carbocycles. The third kappa shape index (κ3) is 22.9. The number of ether oxygens (including phenoxy) is 6. The minimum atomic E-state index is -1.46. The van der Waals surface area contributed by atoms with Crippen LogP contribution in [0.5, 0.6) is 0 Å². The Balaban J connectivity index is -0.000000223. The van der Waals surface area contributed by atoms with E-state index in [0.29, 0.717) is 13.0 Å². The minimum absolute atomic E-state index is 0. The zero-order valence-corrected chi connectivity index (χ0v) is 42.0. The van der Waals surface area contributed by atoms with Crippen molar-refractivity contribution < 1.29 is 72.0 Å². The maximum absolute atomic E-state index is 13.4. The smallest absolute Gasteiger partial charge is 0.297 e. The molecule has 4 aromatic carbocycles. The van der Waals surface area contributed by atoms with Crippen molar-refractivity contribution >= 4 is 5.91 Å². The van der Waals surface area contributed by atoms with Crippen LogP contribution in [0.15, 0.2) is 121 Å². The summed E-state index contributed by atoms with van der Waals surface area (Å²) in [5.41, 5.74) is 3.74. The molecule has 75 heavy (non-hydrogen) atoms. The Morgan fingerprint density at radius 3 is 1.41 bits per heavy atom. The number of carbonyl (C=O) groups is 1.